The van der Waals surface area contributed by atoms with Gasteiger partial charge in [0.2, 0.25) is 0 Å². The maximum absolute atomic E-state index is 5.61. The van der Waals surface area contributed by atoms with Crippen molar-refractivity contribution in [1.82, 2.24) is 0 Å². The molecule has 1 heterocycles. The molecule has 0 unspecified atom stereocenters. The van der Waals surface area contributed by atoms with Crippen molar-refractivity contribution >= 4 is 11.6 Å². The van der Waals surface area contributed by atoms with E-state index in [-0.39, 0.29) is 6.15 Å². The Kier molecular flexibility index (Phi) is 3.90. The topological polar surface area (TPSA) is 13.1 Å². The summed E-state index contributed by atoms with van der Waals surface area (Å²) in [7, 11) is 0. The van der Waals surface area contributed by atoms with Crippen LogP contribution < -0.4 is 5.46 Å². The third-order valence-corrected chi connectivity index (χ3v) is 7.66. The van der Waals surface area contributed by atoms with E-state index in [9.17, 15) is 0 Å². The third-order valence-electron chi connectivity index (χ3n) is 7.66. The van der Waals surface area contributed by atoms with Gasteiger partial charge in [0.25, 0.3) is 0 Å². The van der Waals surface area contributed by atoms with Gasteiger partial charge in [-0.25, -0.2) is 0 Å². The first-order valence-corrected chi connectivity index (χ1v) is 9.62. The Hall–Kier alpha value is -0.655. The van der Waals surface area contributed by atoms with Crippen molar-refractivity contribution in [1.29, 1.82) is 0 Å². The molecule has 0 aliphatic heterocycles. The van der Waals surface area contributed by atoms with Crippen molar-refractivity contribution < 1.29 is 4.42 Å². The van der Waals surface area contributed by atoms with Crippen LogP contribution >= 0.6 is 0 Å². The molecule has 0 radical (unpaired) electrons. The minimum Gasteiger partial charge on any atom is -0.476 e. The Labute approximate surface area is 129 Å². The molecule has 0 spiro atoms. The molecule has 0 saturated heterocycles. The lowest BCUT2D eigenvalue weighted by molar-refractivity contribution is 0.568. The van der Waals surface area contributed by atoms with Gasteiger partial charge in [0.1, 0.15) is 0 Å². The number of hydrogen-bond acceptors (Lipinski definition) is 1. The zero-order valence-electron chi connectivity index (χ0n) is 13.4. The van der Waals surface area contributed by atoms with E-state index in [0.29, 0.717) is 0 Å². The van der Waals surface area contributed by atoms with Crippen LogP contribution in [0.2, 0.25) is 17.5 Å². The van der Waals surface area contributed by atoms with Crippen molar-refractivity contribution in [2.45, 2.75) is 94.5 Å². The average Bonchev–Trinajstić information content (AvgIpc) is 3.32. The van der Waals surface area contributed by atoms with Crippen molar-refractivity contribution in [2.24, 2.45) is 0 Å². The second kappa shape index (κ2) is 5.86. The molecule has 3 aliphatic carbocycles. The predicted molar refractivity (Wildman–Crippen MR) is 90.8 cm³/mol. The van der Waals surface area contributed by atoms with E-state index in [1.165, 1.54) is 77.0 Å². The van der Waals surface area contributed by atoms with Gasteiger partial charge in [-0.15, -0.1) is 0 Å². The van der Waals surface area contributed by atoms with Gasteiger partial charge in [-0.05, 0) is 0 Å². The van der Waals surface area contributed by atoms with Gasteiger partial charge in [-0.1, -0.05) is 83.1 Å². The van der Waals surface area contributed by atoms with Crippen LogP contribution in [-0.4, -0.2) is 6.15 Å². The lowest BCUT2D eigenvalue weighted by Crippen LogP contribution is -2.57. The molecule has 3 aliphatic rings. The summed E-state index contributed by atoms with van der Waals surface area (Å²) in [6.07, 6.45) is 21.6. The van der Waals surface area contributed by atoms with Crippen molar-refractivity contribution in [3.8, 4) is 0 Å². The minimum absolute atomic E-state index is 0.378. The van der Waals surface area contributed by atoms with Gasteiger partial charge in [0.15, 0.2) is 0 Å². The Bertz CT molecular complexity index is 393. The SMILES string of the molecule is c1cc([B-](C2CCCC2)(C2CCCC2)C2CCCC2)co1. The lowest BCUT2D eigenvalue weighted by atomic mass is 9.06. The number of furan rings is 1. The van der Waals surface area contributed by atoms with E-state index in [1.54, 1.807) is 5.46 Å². The normalized spacial score (nSPS) is 26.1. The van der Waals surface area contributed by atoms with Crippen LogP contribution in [0.1, 0.15) is 77.0 Å². The molecule has 4 rings (SSSR count). The maximum Gasteiger partial charge on any atom is 0.0869 e. The van der Waals surface area contributed by atoms with Gasteiger partial charge in [0.05, 0.1) is 12.5 Å². The summed E-state index contributed by atoms with van der Waals surface area (Å²) < 4.78 is 5.61. The zero-order chi connectivity index (χ0) is 14.1. The Balaban J connectivity index is 1.80. The van der Waals surface area contributed by atoms with Crippen LogP contribution in [0.25, 0.3) is 0 Å². The molecule has 0 amide bonds. The van der Waals surface area contributed by atoms with Gasteiger partial charge >= 0.3 is 0 Å². The van der Waals surface area contributed by atoms with Gasteiger partial charge in [0, 0.05) is 6.15 Å². The highest BCUT2D eigenvalue weighted by Gasteiger charge is 2.47. The molecule has 2 heteroatoms. The molecule has 0 atom stereocenters. The monoisotopic (exact) mass is 285 g/mol. The second-order valence-electron chi connectivity index (χ2n) is 8.27. The van der Waals surface area contributed by atoms with Crippen LogP contribution in [0.5, 0.6) is 0 Å². The van der Waals surface area contributed by atoms with Crippen LogP contribution in [0.3, 0.4) is 0 Å². The van der Waals surface area contributed by atoms with E-state index in [1.807, 2.05) is 6.26 Å². The Morgan fingerprint density at radius 3 is 1.48 bits per heavy atom. The molecule has 3 saturated carbocycles. The molecule has 116 valence electrons. The number of hydrogen-bond donors (Lipinski definition) is 0. The first kappa shape index (κ1) is 14.0. The first-order valence-electron chi connectivity index (χ1n) is 9.62. The summed E-state index contributed by atoms with van der Waals surface area (Å²) in [5, 5.41) is 0. The van der Waals surface area contributed by atoms with E-state index in [0.717, 1.165) is 17.5 Å². The fourth-order valence-corrected chi connectivity index (χ4v) is 7.06. The third kappa shape index (κ3) is 2.21. The molecular formula is C19H30BO-. The summed E-state index contributed by atoms with van der Waals surface area (Å²) in [6.45, 7) is 0. The summed E-state index contributed by atoms with van der Waals surface area (Å²) in [4.78, 5) is 0. The predicted octanol–water partition coefficient (Wildman–Crippen LogP) is 5.77. The molecule has 3 fully saturated rings. The summed E-state index contributed by atoms with van der Waals surface area (Å²) in [5.41, 5.74) is 1.64. The van der Waals surface area contributed by atoms with Crippen molar-refractivity contribution in [2.75, 3.05) is 0 Å². The molecule has 21 heavy (non-hydrogen) atoms. The molecule has 0 N–H and O–H groups in total. The molecular weight excluding hydrogens is 255 g/mol. The number of rotatable bonds is 4. The first-order chi connectivity index (χ1) is 10.4. The highest BCUT2D eigenvalue weighted by atomic mass is 16.3. The van der Waals surface area contributed by atoms with E-state index >= 15 is 0 Å². The summed E-state index contributed by atoms with van der Waals surface area (Å²) in [5.74, 6) is 2.98. The highest BCUT2D eigenvalue weighted by molar-refractivity contribution is 6.95. The zero-order valence-corrected chi connectivity index (χ0v) is 13.4. The average molecular weight is 285 g/mol. The van der Waals surface area contributed by atoms with Crippen LogP contribution in [0, 0.1) is 0 Å². The van der Waals surface area contributed by atoms with Crippen molar-refractivity contribution in [3.63, 3.8) is 0 Å². The van der Waals surface area contributed by atoms with E-state index < -0.39 is 0 Å². The fraction of sp³-hybridized carbons (Fsp3) is 0.789. The molecule has 1 aromatic heterocycles. The highest BCUT2D eigenvalue weighted by Crippen LogP contribution is 2.58. The Morgan fingerprint density at radius 1 is 0.714 bits per heavy atom. The van der Waals surface area contributed by atoms with Gasteiger partial charge < -0.3 is 4.42 Å². The molecule has 1 aromatic rings. The van der Waals surface area contributed by atoms with Gasteiger partial charge in [-0.2, -0.15) is 22.9 Å². The molecule has 0 aromatic carbocycles. The largest absolute Gasteiger partial charge is 0.476 e. The van der Waals surface area contributed by atoms with Crippen LogP contribution in [-0.2, 0) is 0 Å². The summed E-state index contributed by atoms with van der Waals surface area (Å²) in [6, 6.07) is 2.36. The van der Waals surface area contributed by atoms with Crippen molar-refractivity contribution in [3.05, 3.63) is 18.6 Å². The maximum atomic E-state index is 5.61. The fourth-order valence-electron chi connectivity index (χ4n) is 7.06. The lowest BCUT2D eigenvalue weighted by Gasteiger charge is -2.55. The van der Waals surface area contributed by atoms with Gasteiger partial charge in [-0.3, -0.25) is 0 Å². The van der Waals surface area contributed by atoms with Crippen LogP contribution in [0.15, 0.2) is 23.0 Å². The molecule has 1 nitrogen and oxygen atoms in total. The van der Waals surface area contributed by atoms with E-state index in [4.69, 9.17) is 4.42 Å². The smallest absolute Gasteiger partial charge is 0.0869 e. The molecule has 0 bridgehead atoms. The van der Waals surface area contributed by atoms with Crippen LogP contribution in [0.4, 0.5) is 0 Å². The van der Waals surface area contributed by atoms with E-state index in [2.05, 4.69) is 12.3 Å². The standard InChI is InChI=1S/C19H30BO/c1-2-8-16(7-1)20(17-9-3-4-10-17,18-11-5-6-12-18)19-13-14-21-15-19/h13-18H,1-12H2/q-1. The summed E-state index contributed by atoms with van der Waals surface area (Å²) >= 11 is 0. The Morgan fingerprint density at radius 2 is 1.14 bits per heavy atom. The minimum atomic E-state index is -0.378. The second-order valence-corrected chi connectivity index (χ2v) is 8.27. The quantitative estimate of drug-likeness (QED) is 0.640.